The van der Waals surface area contributed by atoms with Crippen LogP contribution in [0.25, 0.3) is 11.1 Å². The summed E-state index contributed by atoms with van der Waals surface area (Å²) in [6.07, 6.45) is -3.32. The molecule has 1 heterocycles. The lowest BCUT2D eigenvalue weighted by Gasteiger charge is -2.09. The van der Waals surface area contributed by atoms with Gasteiger partial charge in [-0.15, -0.1) is 0 Å². The molecule has 0 aliphatic carbocycles. The second-order valence-corrected chi connectivity index (χ2v) is 3.66. The highest BCUT2D eigenvalue weighted by Crippen LogP contribution is 2.33. The van der Waals surface area contributed by atoms with Crippen LogP contribution in [0.5, 0.6) is 0 Å². The number of benzene rings is 1. The molecular weight excluding hydrogens is 248 g/mol. The quantitative estimate of drug-likeness (QED) is 0.793. The van der Waals surface area contributed by atoms with Crippen molar-refractivity contribution in [3.63, 3.8) is 0 Å². The molecule has 0 amide bonds. The van der Waals surface area contributed by atoms with Crippen LogP contribution in [0.15, 0.2) is 36.5 Å². The first-order chi connectivity index (χ1) is 8.38. The van der Waals surface area contributed by atoms with Crippen molar-refractivity contribution in [1.82, 2.24) is 4.98 Å². The minimum atomic E-state index is -4.69. The van der Waals surface area contributed by atoms with E-state index in [1.54, 1.807) is 6.07 Å². The second kappa shape index (κ2) is 4.29. The van der Waals surface area contributed by atoms with Gasteiger partial charge in [-0.05, 0) is 29.8 Å². The number of nitrogens with zero attached hydrogens (tertiary/aromatic N) is 1. The van der Waals surface area contributed by atoms with Gasteiger partial charge in [-0.25, -0.2) is 9.37 Å². The molecule has 2 rings (SSSR count). The average Bonchev–Trinajstić information content (AvgIpc) is 2.28. The number of halogens is 4. The number of hydrogen-bond donors (Lipinski definition) is 1. The van der Waals surface area contributed by atoms with Crippen molar-refractivity contribution in [3.8, 4) is 11.1 Å². The normalized spacial score (nSPS) is 11.6. The van der Waals surface area contributed by atoms with Gasteiger partial charge in [-0.1, -0.05) is 6.07 Å². The van der Waals surface area contributed by atoms with E-state index in [1.807, 2.05) is 0 Å². The summed E-state index contributed by atoms with van der Waals surface area (Å²) in [6, 6.07) is 5.78. The molecular formula is C12H8F4N2. The van der Waals surface area contributed by atoms with Crippen LogP contribution in [0.3, 0.4) is 0 Å². The Morgan fingerprint density at radius 2 is 1.67 bits per heavy atom. The molecule has 18 heavy (non-hydrogen) atoms. The average molecular weight is 256 g/mol. The molecule has 0 saturated carbocycles. The number of pyridine rings is 1. The Morgan fingerprint density at radius 1 is 1.00 bits per heavy atom. The minimum absolute atomic E-state index is 0.283. The highest BCUT2D eigenvalue weighted by Gasteiger charge is 2.33. The third-order valence-electron chi connectivity index (χ3n) is 2.39. The van der Waals surface area contributed by atoms with Gasteiger partial charge in [0.25, 0.3) is 0 Å². The molecule has 0 aliphatic heterocycles. The highest BCUT2D eigenvalue weighted by molar-refractivity contribution is 5.64. The first-order valence-electron chi connectivity index (χ1n) is 4.96. The summed E-state index contributed by atoms with van der Waals surface area (Å²) in [4.78, 5) is 3.79. The molecule has 0 unspecified atom stereocenters. The molecule has 1 aromatic carbocycles. The minimum Gasteiger partial charge on any atom is -0.384 e. The summed E-state index contributed by atoms with van der Waals surface area (Å²) in [6.45, 7) is 0. The Kier molecular flexibility index (Phi) is 2.94. The van der Waals surface area contributed by atoms with Gasteiger partial charge in [0.15, 0.2) is 0 Å². The van der Waals surface area contributed by atoms with Gasteiger partial charge >= 0.3 is 6.18 Å². The Morgan fingerprint density at radius 3 is 2.17 bits per heavy atom. The maximum Gasteiger partial charge on any atom is 0.419 e. The van der Waals surface area contributed by atoms with Crippen LogP contribution < -0.4 is 5.73 Å². The smallest absolute Gasteiger partial charge is 0.384 e. The third-order valence-corrected chi connectivity index (χ3v) is 2.39. The Bertz CT molecular complexity index is 561. The summed E-state index contributed by atoms with van der Waals surface area (Å²) in [5.74, 6) is -1.03. The molecule has 2 nitrogen and oxygen atoms in total. The third kappa shape index (κ3) is 2.42. The fourth-order valence-electron chi connectivity index (χ4n) is 1.50. The molecule has 0 spiro atoms. The lowest BCUT2D eigenvalue weighted by Crippen LogP contribution is -2.07. The van der Waals surface area contributed by atoms with E-state index in [-0.39, 0.29) is 5.82 Å². The van der Waals surface area contributed by atoms with Gasteiger partial charge in [0, 0.05) is 11.8 Å². The SMILES string of the molecule is Nc1ccc(-c2ccc(C(F)(F)F)c(F)c2)cn1. The fourth-order valence-corrected chi connectivity index (χ4v) is 1.50. The molecule has 0 saturated heterocycles. The number of nitrogen functional groups attached to an aromatic ring is 1. The van der Waals surface area contributed by atoms with Gasteiger partial charge in [0.2, 0.25) is 0 Å². The van der Waals surface area contributed by atoms with Gasteiger partial charge < -0.3 is 5.73 Å². The molecule has 2 N–H and O–H groups in total. The van der Waals surface area contributed by atoms with Crippen LogP contribution in [-0.2, 0) is 6.18 Å². The molecule has 0 aliphatic rings. The molecule has 1 aromatic heterocycles. The van der Waals surface area contributed by atoms with E-state index >= 15 is 0 Å². The maximum atomic E-state index is 13.3. The van der Waals surface area contributed by atoms with Crippen molar-refractivity contribution < 1.29 is 17.6 Å². The number of anilines is 1. The zero-order valence-electron chi connectivity index (χ0n) is 9.00. The molecule has 2 aromatic rings. The lowest BCUT2D eigenvalue weighted by molar-refractivity contribution is -0.139. The van der Waals surface area contributed by atoms with Crippen molar-refractivity contribution in [2.24, 2.45) is 0 Å². The summed E-state index contributed by atoms with van der Waals surface area (Å²) >= 11 is 0. The van der Waals surface area contributed by atoms with E-state index in [9.17, 15) is 17.6 Å². The van der Waals surface area contributed by atoms with Crippen LogP contribution in [0.1, 0.15) is 5.56 Å². The fraction of sp³-hybridized carbons (Fsp3) is 0.0833. The topological polar surface area (TPSA) is 38.9 Å². The molecule has 0 atom stereocenters. The summed E-state index contributed by atoms with van der Waals surface area (Å²) in [5.41, 5.74) is 4.91. The predicted octanol–water partition coefficient (Wildman–Crippen LogP) is 3.49. The van der Waals surface area contributed by atoms with E-state index in [0.29, 0.717) is 17.2 Å². The second-order valence-electron chi connectivity index (χ2n) is 3.66. The van der Waals surface area contributed by atoms with Crippen LogP contribution >= 0.6 is 0 Å². The lowest BCUT2D eigenvalue weighted by atomic mass is 10.0. The first-order valence-corrected chi connectivity index (χ1v) is 4.96. The van der Waals surface area contributed by atoms with E-state index in [0.717, 1.165) is 6.07 Å². The molecule has 0 radical (unpaired) electrons. The van der Waals surface area contributed by atoms with Crippen LogP contribution in [0.4, 0.5) is 23.4 Å². The maximum absolute atomic E-state index is 13.3. The molecule has 0 bridgehead atoms. The summed E-state index contributed by atoms with van der Waals surface area (Å²) < 4.78 is 50.4. The molecule has 0 fully saturated rings. The van der Waals surface area contributed by atoms with Crippen LogP contribution in [0, 0.1) is 5.82 Å². The largest absolute Gasteiger partial charge is 0.419 e. The van der Waals surface area contributed by atoms with E-state index in [1.165, 1.54) is 18.3 Å². The van der Waals surface area contributed by atoms with E-state index in [4.69, 9.17) is 5.73 Å². The highest BCUT2D eigenvalue weighted by atomic mass is 19.4. The summed E-state index contributed by atoms with van der Waals surface area (Å²) in [5, 5.41) is 0. The van der Waals surface area contributed by atoms with Crippen molar-refractivity contribution in [2.45, 2.75) is 6.18 Å². The Hall–Kier alpha value is -2.11. The number of nitrogens with two attached hydrogens (primary N) is 1. The predicted molar refractivity (Wildman–Crippen MR) is 59.0 cm³/mol. The number of rotatable bonds is 1. The molecule has 94 valence electrons. The van der Waals surface area contributed by atoms with Crippen molar-refractivity contribution >= 4 is 5.82 Å². The standard InChI is InChI=1S/C12H8F4N2/c13-10-5-7(1-3-9(10)12(14,15)16)8-2-4-11(17)18-6-8/h1-6H,(H2,17,18). The van der Waals surface area contributed by atoms with E-state index in [2.05, 4.69) is 4.98 Å². The van der Waals surface area contributed by atoms with Gasteiger partial charge in [-0.2, -0.15) is 13.2 Å². The van der Waals surface area contributed by atoms with Crippen LogP contribution in [0.2, 0.25) is 0 Å². The Balaban J connectivity index is 2.43. The van der Waals surface area contributed by atoms with Gasteiger partial charge in [-0.3, -0.25) is 0 Å². The first kappa shape index (κ1) is 12.3. The number of aromatic nitrogens is 1. The van der Waals surface area contributed by atoms with Gasteiger partial charge in [0.1, 0.15) is 11.6 Å². The van der Waals surface area contributed by atoms with Crippen molar-refractivity contribution in [3.05, 3.63) is 47.9 Å². The van der Waals surface area contributed by atoms with Gasteiger partial charge in [0.05, 0.1) is 5.56 Å². The zero-order chi connectivity index (χ0) is 13.3. The molecule has 6 heteroatoms. The number of hydrogen-bond acceptors (Lipinski definition) is 2. The zero-order valence-corrected chi connectivity index (χ0v) is 9.00. The Labute approximate surface area is 100 Å². The van der Waals surface area contributed by atoms with Crippen LogP contribution in [-0.4, -0.2) is 4.98 Å². The van der Waals surface area contributed by atoms with Crippen molar-refractivity contribution in [2.75, 3.05) is 5.73 Å². The van der Waals surface area contributed by atoms with E-state index < -0.39 is 17.6 Å². The summed E-state index contributed by atoms with van der Waals surface area (Å²) in [7, 11) is 0. The van der Waals surface area contributed by atoms with Crippen molar-refractivity contribution in [1.29, 1.82) is 0 Å². The monoisotopic (exact) mass is 256 g/mol. The number of alkyl halides is 3.